The van der Waals surface area contributed by atoms with Crippen LogP contribution >= 0.6 is 0 Å². The number of aromatic amines is 1. The van der Waals surface area contributed by atoms with Crippen LogP contribution in [0.1, 0.15) is 0 Å². The first-order valence-electron chi connectivity index (χ1n) is 4.98. The van der Waals surface area contributed by atoms with Crippen molar-refractivity contribution in [3.63, 3.8) is 0 Å². The van der Waals surface area contributed by atoms with Crippen molar-refractivity contribution in [1.29, 1.82) is 0 Å². The Morgan fingerprint density at radius 3 is 2.89 bits per heavy atom. The lowest BCUT2D eigenvalue weighted by atomic mass is 10.4. The van der Waals surface area contributed by atoms with Crippen molar-refractivity contribution in [3.8, 4) is 0 Å². The fraction of sp³-hybridized carbons (Fsp3) is 0.100. The third-order valence-electron chi connectivity index (χ3n) is 2.09. The molecule has 18 heavy (non-hydrogen) atoms. The summed E-state index contributed by atoms with van der Waals surface area (Å²) in [5.41, 5.74) is 4.97. The molecule has 0 spiro atoms. The second-order valence-corrected chi connectivity index (χ2v) is 4.78. The molecule has 0 aliphatic heterocycles. The lowest BCUT2D eigenvalue weighted by molar-refractivity contribution is 0.684. The maximum absolute atomic E-state index is 11.3. The maximum atomic E-state index is 11.3. The van der Waals surface area contributed by atoms with E-state index in [-0.39, 0.29) is 11.6 Å². The average Bonchev–Trinajstić information content (AvgIpc) is 2.34. The van der Waals surface area contributed by atoms with Gasteiger partial charge in [-0.1, -0.05) is 6.07 Å². The van der Waals surface area contributed by atoms with Crippen LogP contribution in [0.15, 0.2) is 34.2 Å². The van der Waals surface area contributed by atoms with E-state index in [0.717, 1.165) is 0 Å². The van der Waals surface area contributed by atoms with Crippen molar-refractivity contribution in [2.45, 2.75) is 5.03 Å². The molecule has 2 aromatic rings. The van der Waals surface area contributed by atoms with E-state index >= 15 is 0 Å². The molecule has 1 unspecified atom stereocenters. The summed E-state index contributed by atoms with van der Waals surface area (Å²) in [5.74, 6) is 0.663. The van der Waals surface area contributed by atoms with Gasteiger partial charge in [0.25, 0.3) is 5.56 Å². The van der Waals surface area contributed by atoms with Crippen molar-refractivity contribution >= 4 is 28.3 Å². The van der Waals surface area contributed by atoms with Gasteiger partial charge in [0.05, 0.1) is 17.0 Å². The Morgan fingerprint density at radius 2 is 2.22 bits per heavy atom. The Bertz CT molecular complexity index is 655. The fourth-order valence-electron chi connectivity index (χ4n) is 1.23. The zero-order valence-electron chi connectivity index (χ0n) is 9.51. The van der Waals surface area contributed by atoms with Crippen molar-refractivity contribution in [2.24, 2.45) is 0 Å². The van der Waals surface area contributed by atoms with Gasteiger partial charge in [-0.3, -0.25) is 14.0 Å². The molecule has 0 amide bonds. The highest BCUT2D eigenvalue weighted by Gasteiger charge is 2.03. The zero-order valence-corrected chi connectivity index (χ0v) is 10.3. The molecule has 0 radical (unpaired) electrons. The summed E-state index contributed by atoms with van der Waals surface area (Å²) in [6, 6.07) is 5.04. The van der Waals surface area contributed by atoms with Crippen LogP contribution in [0.4, 0.5) is 17.5 Å². The summed E-state index contributed by atoms with van der Waals surface area (Å²) in [5, 5.41) is 3.24. The van der Waals surface area contributed by atoms with Gasteiger partial charge in [0, 0.05) is 6.26 Å². The number of rotatable bonds is 3. The molecule has 7 nitrogen and oxygen atoms in total. The van der Waals surface area contributed by atoms with E-state index in [4.69, 9.17) is 5.73 Å². The van der Waals surface area contributed by atoms with E-state index in [1.807, 2.05) is 0 Å². The van der Waals surface area contributed by atoms with Gasteiger partial charge in [-0.25, -0.2) is 9.97 Å². The quantitative estimate of drug-likeness (QED) is 0.732. The Labute approximate surface area is 105 Å². The smallest absolute Gasteiger partial charge is 0.275 e. The third-order valence-corrected chi connectivity index (χ3v) is 2.91. The molecule has 8 heteroatoms. The van der Waals surface area contributed by atoms with E-state index in [2.05, 4.69) is 20.3 Å². The Kier molecular flexibility index (Phi) is 3.38. The highest BCUT2D eigenvalue weighted by molar-refractivity contribution is 7.84. The van der Waals surface area contributed by atoms with E-state index < -0.39 is 16.4 Å². The molecule has 0 fully saturated rings. The maximum Gasteiger partial charge on any atom is 0.275 e. The summed E-state index contributed by atoms with van der Waals surface area (Å²) in [6.07, 6.45) is 2.79. The third kappa shape index (κ3) is 2.72. The summed E-state index contributed by atoms with van der Waals surface area (Å²) in [4.78, 5) is 21.7. The Balaban J connectivity index is 2.28. The van der Waals surface area contributed by atoms with Crippen LogP contribution < -0.4 is 16.6 Å². The molecule has 4 N–H and O–H groups in total. The van der Waals surface area contributed by atoms with Crippen LogP contribution in [-0.4, -0.2) is 25.4 Å². The minimum absolute atomic E-state index is 0.0388. The van der Waals surface area contributed by atoms with Crippen molar-refractivity contribution < 1.29 is 4.21 Å². The summed E-state index contributed by atoms with van der Waals surface area (Å²) < 4.78 is 11.3. The minimum Gasteiger partial charge on any atom is -0.393 e. The molecular formula is C10H11N5O2S. The second kappa shape index (κ2) is 4.96. The van der Waals surface area contributed by atoms with E-state index in [1.54, 1.807) is 18.2 Å². The van der Waals surface area contributed by atoms with Gasteiger partial charge in [0.2, 0.25) is 5.95 Å². The van der Waals surface area contributed by atoms with E-state index in [0.29, 0.717) is 10.8 Å². The number of nitrogens with zero attached hydrogens (tertiary/aromatic N) is 2. The normalized spacial score (nSPS) is 12.1. The number of hydrogen-bond acceptors (Lipinski definition) is 6. The topological polar surface area (TPSA) is 114 Å². The summed E-state index contributed by atoms with van der Waals surface area (Å²) in [7, 11) is -1.17. The van der Waals surface area contributed by atoms with Crippen LogP contribution in [0.5, 0.6) is 0 Å². The van der Waals surface area contributed by atoms with Gasteiger partial charge < -0.3 is 11.1 Å². The number of pyridine rings is 1. The number of H-pyrrole nitrogens is 1. The number of nitrogen functional groups attached to an aromatic ring is 1. The number of nitrogens with one attached hydrogen (secondary N) is 2. The standard InChI is InChI=1S/C10H11N5O2S/c1-18(17)8-4-2-3-7(13-8)14-10-12-5-6(11)9(16)15-10/h2-5H,11H2,1H3,(H2,12,13,14,15,16). The molecule has 2 heterocycles. The number of hydrogen-bond donors (Lipinski definition) is 3. The molecule has 2 rings (SSSR count). The van der Waals surface area contributed by atoms with E-state index in [1.165, 1.54) is 12.5 Å². The summed E-state index contributed by atoms with van der Waals surface area (Å²) >= 11 is 0. The first kappa shape index (κ1) is 12.2. The average molecular weight is 265 g/mol. The molecule has 94 valence electrons. The predicted molar refractivity (Wildman–Crippen MR) is 69.1 cm³/mol. The number of aromatic nitrogens is 3. The van der Waals surface area contributed by atoms with Crippen LogP contribution in [0, 0.1) is 0 Å². The van der Waals surface area contributed by atoms with Crippen LogP contribution in [-0.2, 0) is 10.8 Å². The predicted octanol–water partition coefficient (Wildman–Crippen LogP) is 0.228. The van der Waals surface area contributed by atoms with Crippen molar-refractivity contribution in [1.82, 2.24) is 15.0 Å². The van der Waals surface area contributed by atoms with Crippen molar-refractivity contribution in [2.75, 3.05) is 17.3 Å². The first-order chi connectivity index (χ1) is 8.56. The lowest BCUT2D eigenvalue weighted by Gasteiger charge is -2.05. The van der Waals surface area contributed by atoms with E-state index in [9.17, 15) is 9.00 Å². The molecule has 0 bridgehead atoms. The molecule has 0 aromatic carbocycles. The number of nitrogens with two attached hydrogens (primary N) is 1. The van der Waals surface area contributed by atoms with Gasteiger partial charge in [-0.15, -0.1) is 0 Å². The molecule has 0 aliphatic rings. The second-order valence-electron chi connectivity index (χ2n) is 3.46. The molecular weight excluding hydrogens is 254 g/mol. The lowest BCUT2D eigenvalue weighted by Crippen LogP contribution is -2.14. The fourth-order valence-corrected chi connectivity index (χ4v) is 1.73. The van der Waals surface area contributed by atoms with Gasteiger partial charge in [0.15, 0.2) is 0 Å². The van der Waals surface area contributed by atoms with Crippen LogP contribution in [0.3, 0.4) is 0 Å². The van der Waals surface area contributed by atoms with Crippen LogP contribution in [0.25, 0.3) is 0 Å². The minimum atomic E-state index is -1.17. The molecule has 0 saturated carbocycles. The molecule has 2 aromatic heterocycles. The highest BCUT2D eigenvalue weighted by Crippen LogP contribution is 2.11. The Morgan fingerprint density at radius 1 is 1.44 bits per heavy atom. The molecule has 0 saturated heterocycles. The largest absolute Gasteiger partial charge is 0.393 e. The first-order valence-corrected chi connectivity index (χ1v) is 6.54. The van der Waals surface area contributed by atoms with Gasteiger partial charge >= 0.3 is 0 Å². The van der Waals surface area contributed by atoms with Gasteiger partial charge in [0.1, 0.15) is 16.5 Å². The Hall–Kier alpha value is -2.22. The van der Waals surface area contributed by atoms with Crippen LogP contribution in [0.2, 0.25) is 0 Å². The summed E-state index contributed by atoms with van der Waals surface area (Å²) in [6.45, 7) is 0. The van der Waals surface area contributed by atoms with Gasteiger partial charge in [-0.05, 0) is 12.1 Å². The monoisotopic (exact) mass is 265 g/mol. The molecule has 1 atom stereocenters. The van der Waals surface area contributed by atoms with Gasteiger partial charge in [-0.2, -0.15) is 0 Å². The van der Waals surface area contributed by atoms with Crippen molar-refractivity contribution in [3.05, 3.63) is 34.7 Å². The molecule has 0 aliphatic carbocycles. The SMILES string of the molecule is CS(=O)c1cccc(Nc2ncc(N)c(=O)[nH]2)n1. The number of anilines is 3. The highest BCUT2D eigenvalue weighted by atomic mass is 32.2. The zero-order chi connectivity index (χ0) is 13.1.